The molecule has 0 N–H and O–H groups in total. The third-order valence-corrected chi connectivity index (χ3v) is 8.42. The second-order valence-electron chi connectivity index (χ2n) is 9.42. The van der Waals surface area contributed by atoms with Gasteiger partial charge in [-0.25, -0.2) is 9.79 Å². The molecule has 1 aliphatic heterocycles. The van der Waals surface area contributed by atoms with Gasteiger partial charge in [-0.1, -0.05) is 65.4 Å². The van der Waals surface area contributed by atoms with Gasteiger partial charge in [0.05, 0.1) is 29.9 Å². The van der Waals surface area contributed by atoms with Crippen LogP contribution >= 0.6 is 45.5 Å². The van der Waals surface area contributed by atoms with Gasteiger partial charge in [0.25, 0.3) is 5.56 Å². The lowest BCUT2D eigenvalue weighted by Crippen LogP contribution is -2.41. The number of nitrogens with zero attached hydrogens (tertiary/aromatic N) is 2. The summed E-state index contributed by atoms with van der Waals surface area (Å²) in [5, 5.41) is 0.328. The van der Waals surface area contributed by atoms with E-state index in [0.29, 0.717) is 22.1 Å². The van der Waals surface area contributed by atoms with E-state index in [0.717, 1.165) is 25.0 Å². The highest BCUT2D eigenvalue weighted by Gasteiger charge is 2.45. The molecule has 0 bridgehead atoms. The Hall–Kier alpha value is -3.62. The number of carbonyl (C=O) groups is 1. The molecule has 13 heteroatoms. The molecule has 0 aliphatic carbocycles. The Morgan fingerprint density at radius 3 is 2.48 bits per heavy atom. The van der Waals surface area contributed by atoms with Crippen LogP contribution in [0.4, 0.5) is 13.2 Å². The number of benzene rings is 3. The Balaban J connectivity index is 1.74. The molecule has 3 aromatic carbocycles. The molecule has 1 atom stereocenters. The molecular weight excluding hydrogens is 732 g/mol. The van der Waals surface area contributed by atoms with E-state index in [1.807, 2.05) is 30.3 Å². The first-order chi connectivity index (χ1) is 21.0. The number of allylic oxidation sites excluding steroid dienone is 1. The molecule has 1 aromatic heterocycles. The van der Waals surface area contributed by atoms with Crippen LogP contribution in [-0.2, 0) is 16.1 Å². The lowest BCUT2D eigenvalue weighted by Gasteiger charge is -2.26. The molecule has 44 heavy (non-hydrogen) atoms. The fourth-order valence-electron chi connectivity index (χ4n) is 4.67. The van der Waals surface area contributed by atoms with Crippen molar-refractivity contribution in [2.24, 2.45) is 4.99 Å². The van der Waals surface area contributed by atoms with Gasteiger partial charge in [-0.3, -0.25) is 9.36 Å². The van der Waals surface area contributed by atoms with E-state index in [2.05, 4.69) is 27.6 Å². The zero-order valence-corrected chi connectivity index (χ0v) is 26.9. The van der Waals surface area contributed by atoms with Crippen molar-refractivity contribution in [2.45, 2.75) is 25.7 Å². The first-order valence-electron chi connectivity index (χ1n) is 13.1. The largest absolute Gasteiger partial charge is 0.493 e. The van der Waals surface area contributed by atoms with Crippen LogP contribution in [0.25, 0.3) is 6.08 Å². The number of carbonyl (C=O) groups excluding carboxylic acids is 1. The molecule has 7 nitrogen and oxygen atoms in total. The van der Waals surface area contributed by atoms with E-state index >= 15 is 0 Å². The lowest BCUT2D eigenvalue weighted by atomic mass is 9.95. The normalized spacial score (nSPS) is 15.1. The lowest BCUT2D eigenvalue weighted by molar-refractivity contribution is -0.140. The zero-order chi connectivity index (χ0) is 31.6. The Morgan fingerprint density at radius 1 is 1.14 bits per heavy atom. The second-order valence-corrected chi connectivity index (χ2v) is 12.1. The van der Waals surface area contributed by atoms with Crippen LogP contribution in [0.5, 0.6) is 11.5 Å². The van der Waals surface area contributed by atoms with E-state index in [1.54, 1.807) is 12.1 Å². The summed E-state index contributed by atoms with van der Waals surface area (Å²) in [4.78, 5) is 30.6. The fraction of sp³-hybridized carbons (Fsp3) is 0.194. The highest BCUT2D eigenvalue weighted by molar-refractivity contribution is 14.1. The maximum absolute atomic E-state index is 14.4. The number of hydrogen-bond donors (Lipinski definition) is 0. The third kappa shape index (κ3) is 6.57. The van der Waals surface area contributed by atoms with Crippen LogP contribution in [0, 0.1) is 3.57 Å². The number of halogens is 5. The molecule has 0 fully saturated rings. The minimum Gasteiger partial charge on any atom is -0.493 e. The predicted octanol–water partition coefficient (Wildman–Crippen LogP) is 6.19. The maximum Gasteiger partial charge on any atom is 0.434 e. The van der Waals surface area contributed by atoms with Crippen molar-refractivity contribution in [3.05, 3.63) is 123 Å². The van der Waals surface area contributed by atoms with Gasteiger partial charge in [0.2, 0.25) is 0 Å². The predicted molar refractivity (Wildman–Crippen MR) is 169 cm³/mol. The maximum atomic E-state index is 14.4. The summed E-state index contributed by atoms with van der Waals surface area (Å²) in [6.45, 7) is 1.50. The first-order valence-corrected chi connectivity index (χ1v) is 15.4. The number of esters is 1. The van der Waals surface area contributed by atoms with Gasteiger partial charge in [-0.05, 0) is 71.0 Å². The Labute approximate surface area is 272 Å². The number of thiazole rings is 1. The average molecular weight is 755 g/mol. The molecule has 228 valence electrons. The fourth-order valence-corrected chi connectivity index (χ4v) is 6.41. The standard InChI is InChI=1S/C31H23ClF3IN2O5S/c1-3-42-29(40)24-25(18-9-11-20(32)12-10-18)38-28(39)23(44-30(38)37-27(24)31(33,34)35)14-19-13-21(36)15-22(41-2)26(19)43-16-17-7-5-4-6-8-17/h4-15,25H,3,16H2,1-2H3/b23-14-/t25-/m1/s1. The van der Waals surface area contributed by atoms with Crippen molar-refractivity contribution < 1.29 is 32.2 Å². The highest BCUT2D eigenvalue weighted by Crippen LogP contribution is 2.39. The Kier molecular flexibility index (Phi) is 9.51. The van der Waals surface area contributed by atoms with E-state index in [9.17, 15) is 22.8 Å². The third-order valence-electron chi connectivity index (χ3n) is 6.56. The Bertz CT molecular complexity index is 1920. The van der Waals surface area contributed by atoms with E-state index in [-0.39, 0.29) is 28.1 Å². The number of alkyl halides is 3. The number of ether oxygens (including phenoxy) is 3. The zero-order valence-electron chi connectivity index (χ0n) is 23.2. The molecule has 0 amide bonds. The van der Waals surface area contributed by atoms with Crippen molar-refractivity contribution in [2.75, 3.05) is 13.7 Å². The monoisotopic (exact) mass is 754 g/mol. The van der Waals surface area contributed by atoms with Crippen molar-refractivity contribution >= 4 is 57.6 Å². The molecular formula is C31H23ClF3IN2O5S. The van der Waals surface area contributed by atoms with Gasteiger partial charge in [-0.15, -0.1) is 0 Å². The molecule has 1 aliphatic rings. The molecule has 4 aromatic rings. The van der Waals surface area contributed by atoms with Crippen molar-refractivity contribution in [3.8, 4) is 11.5 Å². The van der Waals surface area contributed by atoms with Gasteiger partial charge >= 0.3 is 12.1 Å². The minimum absolute atomic E-state index is 0.0722. The molecule has 5 rings (SSSR count). The molecule has 0 radical (unpaired) electrons. The van der Waals surface area contributed by atoms with Gasteiger partial charge in [-0.2, -0.15) is 13.2 Å². The van der Waals surface area contributed by atoms with Crippen molar-refractivity contribution in [1.82, 2.24) is 4.57 Å². The summed E-state index contributed by atoms with van der Waals surface area (Å²) < 4.78 is 61.8. The summed E-state index contributed by atoms with van der Waals surface area (Å²) in [6.07, 6.45) is -3.49. The van der Waals surface area contributed by atoms with E-state index in [4.69, 9.17) is 25.8 Å². The topological polar surface area (TPSA) is 79.1 Å². The van der Waals surface area contributed by atoms with Gasteiger partial charge < -0.3 is 14.2 Å². The minimum atomic E-state index is -5.01. The van der Waals surface area contributed by atoms with Gasteiger partial charge in [0.1, 0.15) is 6.61 Å². The molecule has 0 saturated heterocycles. The van der Waals surface area contributed by atoms with Crippen LogP contribution < -0.4 is 24.4 Å². The summed E-state index contributed by atoms with van der Waals surface area (Å²) in [7, 11) is 1.49. The summed E-state index contributed by atoms with van der Waals surface area (Å²) in [6, 6.07) is 17.4. The molecule has 0 unspecified atom stereocenters. The SMILES string of the molecule is CCOC(=O)C1=C(C(F)(F)F)N=c2s/c(=C\c3cc(I)cc(OC)c3OCc3ccccc3)c(=O)n2[C@@H]1c1ccc(Cl)cc1. The summed E-state index contributed by atoms with van der Waals surface area (Å²) >= 11 is 8.91. The van der Waals surface area contributed by atoms with E-state index < -0.39 is 35.0 Å². The van der Waals surface area contributed by atoms with Crippen molar-refractivity contribution in [1.29, 1.82) is 0 Å². The first kappa shape index (κ1) is 31.8. The summed E-state index contributed by atoms with van der Waals surface area (Å²) in [5.74, 6) is -0.466. The number of aromatic nitrogens is 1. The Morgan fingerprint density at radius 2 is 1.84 bits per heavy atom. The summed E-state index contributed by atoms with van der Waals surface area (Å²) in [5.41, 5.74) is -1.27. The number of fused-ring (bicyclic) bond motifs is 1. The number of hydrogen-bond acceptors (Lipinski definition) is 7. The van der Waals surface area contributed by atoms with E-state index in [1.165, 1.54) is 44.4 Å². The van der Waals surface area contributed by atoms with Gasteiger partial charge in [0.15, 0.2) is 22.0 Å². The van der Waals surface area contributed by atoms with Gasteiger partial charge in [0, 0.05) is 14.2 Å². The van der Waals surface area contributed by atoms with Crippen LogP contribution in [0.3, 0.4) is 0 Å². The molecule has 0 saturated carbocycles. The smallest absolute Gasteiger partial charge is 0.434 e. The van der Waals surface area contributed by atoms with Crippen LogP contribution in [0.15, 0.2) is 87.8 Å². The number of rotatable bonds is 8. The van der Waals surface area contributed by atoms with Crippen LogP contribution in [0.1, 0.15) is 29.7 Å². The van der Waals surface area contributed by atoms with Crippen molar-refractivity contribution in [3.63, 3.8) is 0 Å². The average Bonchev–Trinajstić information content (AvgIpc) is 3.30. The van der Waals surface area contributed by atoms with Crippen LogP contribution in [-0.4, -0.2) is 30.4 Å². The number of methoxy groups -OCH3 is 1. The second kappa shape index (κ2) is 13.2. The van der Waals surface area contributed by atoms with Crippen LogP contribution in [0.2, 0.25) is 5.02 Å². The quantitative estimate of drug-likeness (QED) is 0.159. The molecule has 2 heterocycles. The molecule has 0 spiro atoms. The highest BCUT2D eigenvalue weighted by atomic mass is 127.